The van der Waals surface area contributed by atoms with Gasteiger partial charge in [-0.1, -0.05) is 6.07 Å². The van der Waals surface area contributed by atoms with E-state index in [1.165, 1.54) is 6.07 Å². The van der Waals surface area contributed by atoms with Crippen LogP contribution in [0.25, 0.3) is 0 Å². The number of piperazine rings is 1. The Morgan fingerprint density at radius 2 is 1.81 bits per heavy atom. The molecule has 0 bridgehead atoms. The molecule has 0 unspecified atom stereocenters. The third-order valence-electron chi connectivity index (χ3n) is 3.85. The van der Waals surface area contributed by atoms with Gasteiger partial charge in [-0.25, -0.2) is 8.78 Å². The van der Waals surface area contributed by atoms with Crippen LogP contribution in [0.15, 0.2) is 18.2 Å². The summed E-state index contributed by atoms with van der Waals surface area (Å²) in [6.45, 7) is 6.93. The molecule has 21 heavy (non-hydrogen) atoms. The van der Waals surface area contributed by atoms with Crippen molar-refractivity contribution in [2.75, 3.05) is 31.1 Å². The third kappa shape index (κ3) is 3.29. The van der Waals surface area contributed by atoms with Gasteiger partial charge in [0.15, 0.2) is 0 Å². The van der Waals surface area contributed by atoms with Crippen LogP contribution in [0.2, 0.25) is 0 Å². The van der Waals surface area contributed by atoms with Crippen LogP contribution in [0.1, 0.15) is 25.8 Å². The van der Waals surface area contributed by atoms with E-state index in [0.29, 0.717) is 24.8 Å². The molecular formula is C14H19F2N3O2. The zero-order chi connectivity index (χ0) is 15.6. The van der Waals surface area contributed by atoms with Gasteiger partial charge in [0.25, 0.3) is 6.43 Å². The molecule has 0 radical (unpaired) electrons. The van der Waals surface area contributed by atoms with Gasteiger partial charge < -0.3 is 4.90 Å². The highest BCUT2D eigenvalue weighted by Crippen LogP contribution is 2.37. The maximum Gasteiger partial charge on any atom is 0.301 e. The molecule has 0 aromatic heterocycles. The molecule has 0 saturated carbocycles. The summed E-state index contributed by atoms with van der Waals surface area (Å²) in [4.78, 5) is 14.6. The summed E-state index contributed by atoms with van der Waals surface area (Å²) in [6.07, 6.45) is -2.85. The molecule has 0 spiro atoms. The number of benzene rings is 1. The van der Waals surface area contributed by atoms with Crippen molar-refractivity contribution in [3.8, 4) is 0 Å². The largest absolute Gasteiger partial charge is 0.363 e. The van der Waals surface area contributed by atoms with E-state index >= 15 is 0 Å². The van der Waals surface area contributed by atoms with Crippen LogP contribution < -0.4 is 4.90 Å². The summed E-state index contributed by atoms with van der Waals surface area (Å²) in [5.41, 5.74) is -0.685. The zero-order valence-corrected chi connectivity index (χ0v) is 12.1. The number of rotatable bonds is 4. The minimum absolute atomic E-state index is 0.293. The van der Waals surface area contributed by atoms with Crippen LogP contribution in [0.4, 0.5) is 20.2 Å². The molecule has 1 saturated heterocycles. The molecule has 0 N–H and O–H groups in total. The fraction of sp³-hybridized carbons (Fsp3) is 0.571. The smallest absolute Gasteiger partial charge is 0.301 e. The van der Waals surface area contributed by atoms with Crippen molar-refractivity contribution >= 4 is 11.4 Å². The Labute approximate surface area is 122 Å². The number of nitrogens with zero attached hydrogens (tertiary/aromatic N) is 3. The Kier molecular flexibility index (Phi) is 4.72. The Balaban J connectivity index is 2.28. The Hall–Kier alpha value is -1.76. The Bertz CT molecular complexity index is 515. The van der Waals surface area contributed by atoms with Gasteiger partial charge in [0.05, 0.1) is 10.5 Å². The predicted molar refractivity (Wildman–Crippen MR) is 77.0 cm³/mol. The van der Waals surface area contributed by atoms with Crippen molar-refractivity contribution in [2.45, 2.75) is 26.3 Å². The van der Waals surface area contributed by atoms with Gasteiger partial charge in [0.1, 0.15) is 5.69 Å². The van der Waals surface area contributed by atoms with Crippen molar-refractivity contribution in [3.63, 3.8) is 0 Å². The van der Waals surface area contributed by atoms with Crippen LogP contribution in [0.3, 0.4) is 0 Å². The van der Waals surface area contributed by atoms with E-state index in [1.54, 1.807) is 6.07 Å². The van der Waals surface area contributed by atoms with Crippen molar-refractivity contribution in [1.82, 2.24) is 4.90 Å². The molecule has 5 nitrogen and oxygen atoms in total. The number of halogens is 2. The lowest BCUT2D eigenvalue weighted by molar-refractivity contribution is -0.385. The van der Waals surface area contributed by atoms with Crippen LogP contribution in [-0.2, 0) is 0 Å². The van der Waals surface area contributed by atoms with Crippen LogP contribution in [0, 0.1) is 10.1 Å². The number of anilines is 1. The molecule has 1 fully saturated rings. The fourth-order valence-electron chi connectivity index (χ4n) is 2.66. The van der Waals surface area contributed by atoms with Gasteiger partial charge in [0, 0.05) is 32.2 Å². The van der Waals surface area contributed by atoms with Crippen molar-refractivity contribution in [1.29, 1.82) is 0 Å². The minimum Gasteiger partial charge on any atom is -0.363 e. The van der Waals surface area contributed by atoms with E-state index in [9.17, 15) is 18.9 Å². The van der Waals surface area contributed by atoms with Crippen LogP contribution in [-0.4, -0.2) is 42.0 Å². The van der Waals surface area contributed by atoms with Gasteiger partial charge >= 0.3 is 5.69 Å². The molecular weight excluding hydrogens is 280 g/mol. The summed E-state index contributed by atoms with van der Waals surface area (Å²) >= 11 is 0. The third-order valence-corrected chi connectivity index (χ3v) is 3.85. The van der Waals surface area contributed by atoms with E-state index in [4.69, 9.17) is 0 Å². The van der Waals surface area contributed by atoms with Gasteiger partial charge in [-0.2, -0.15) is 0 Å². The second-order valence-corrected chi connectivity index (χ2v) is 5.39. The summed E-state index contributed by atoms with van der Waals surface area (Å²) in [7, 11) is 0. The standard InChI is InChI=1S/C14H19F2N3O2/c1-10(2)17-6-8-18(9-7-17)12-5-3-4-11(14(15)16)13(12)19(20)21/h3-5,10,14H,6-9H2,1-2H3. The summed E-state index contributed by atoms with van der Waals surface area (Å²) in [5, 5.41) is 11.2. The summed E-state index contributed by atoms with van der Waals surface area (Å²) < 4.78 is 25.9. The topological polar surface area (TPSA) is 49.6 Å². The molecule has 7 heteroatoms. The van der Waals surface area contributed by atoms with Gasteiger partial charge in [-0.3, -0.25) is 15.0 Å². The monoisotopic (exact) mass is 299 g/mol. The molecule has 116 valence electrons. The first-order chi connectivity index (χ1) is 9.91. The lowest BCUT2D eigenvalue weighted by Crippen LogP contribution is -2.49. The normalized spacial score (nSPS) is 16.8. The number of hydrogen-bond acceptors (Lipinski definition) is 4. The Morgan fingerprint density at radius 1 is 1.19 bits per heavy atom. The molecule has 0 atom stereocenters. The zero-order valence-electron chi connectivity index (χ0n) is 12.1. The molecule has 1 heterocycles. The number of nitro benzene ring substituents is 1. The maximum absolute atomic E-state index is 13.0. The lowest BCUT2D eigenvalue weighted by Gasteiger charge is -2.37. The molecule has 2 rings (SSSR count). The van der Waals surface area contributed by atoms with Crippen molar-refractivity contribution in [2.24, 2.45) is 0 Å². The van der Waals surface area contributed by atoms with Crippen LogP contribution in [0.5, 0.6) is 0 Å². The second-order valence-electron chi connectivity index (χ2n) is 5.39. The predicted octanol–water partition coefficient (Wildman–Crippen LogP) is 3.06. The first-order valence-electron chi connectivity index (χ1n) is 6.96. The first-order valence-corrected chi connectivity index (χ1v) is 6.96. The van der Waals surface area contributed by atoms with E-state index in [-0.39, 0.29) is 0 Å². The first kappa shape index (κ1) is 15.6. The van der Waals surface area contributed by atoms with Crippen molar-refractivity contribution in [3.05, 3.63) is 33.9 Å². The van der Waals surface area contributed by atoms with Gasteiger partial charge in [0.2, 0.25) is 0 Å². The molecule has 1 aromatic rings. The number of hydrogen-bond donors (Lipinski definition) is 0. The molecule has 0 amide bonds. The summed E-state index contributed by atoms with van der Waals surface area (Å²) in [5.74, 6) is 0. The van der Waals surface area contributed by atoms with Gasteiger partial charge in [-0.05, 0) is 26.0 Å². The highest BCUT2D eigenvalue weighted by atomic mass is 19.3. The molecule has 0 aliphatic carbocycles. The van der Waals surface area contributed by atoms with E-state index in [0.717, 1.165) is 19.2 Å². The number of alkyl halides is 2. The van der Waals surface area contributed by atoms with Crippen molar-refractivity contribution < 1.29 is 13.7 Å². The molecule has 1 aliphatic rings. The minimum atomic E-state index is -2.85. The SMILES string of the molecule is CC(C)N1CCN(c2cccc(C(F)F)c2[N+](=O)[O-])CC1. The number of para-hydroxylation sites is 1. The van der Waals surface area contributed by atoms with E-state index in [2.05, 4.69) is 18.7 Å². The van der Waals surface area contributed by atoms with Gasteiger partial charge in [-0.15, -0.1) is 0 Å². The second kappa shape index (κ2) is 6.34. The highest BCUT2D eigenvalue weighted by molar-refractivity contribution is 5.67. The molecule has 1 aliphatic heterocycles. The maximum atomic E-state index is 13.0. The Morgan fingerprint density at radius 3 is 2.29 bits per heavy atom. The van der Waals surface area contributed by atoms with E-state index in [1.807, 2.05) is 4.90 Å². The number of nitro groups is 1. The summed E-state index contributed by atoms with van der Waals surface area (Å²) in [6, 6.07) is 4.54. The average molecular weight is 299 g/mol. The average Bonchev–Trinajstić information content (AvgIpc) is 2.46. The quantitative estimate of drug-likeness (QED) is 0.633. The van der Waals surface area contributed by atoms with E-state index < -0.39 is 22.6 Å². The molecule has 1 aromatic carbocycles. The lowest BCUT2D eigenvalue weighted by atomic mass is 10.1. The van der Waals surface area contributed by atoms with Crippen LogP contribution >= 0.6 is 0 Å². The highest BCUT2D eigenvalue weighted by Gasteiger charge is 2.30. The fourth-order valence-corrected chi connectivity index (χ4v) is 2.66.